The highest BCUT2D eigenvalue weighted by molar-refractivity contribution is 5.69. The van der Waals surface area contributed by atoms with Gasteiger partial charge in [0.2, 0.25) is 0 Å². The quantitative estimate of drug-likeness (QED) is 0.489. The van der Waals surface area contributed by atoms with Gasteiger partial charge in [-0.15, -0.1) is 0 Å². The van der Waals surface area contributed by atoms with E-state index in [0.29, 0.717) is 12.0 Å². The third-order valence-electron chi connectivity index (χ3n) is 3.94. The molecule has 1 nitrogen and oxygen atoms in total. The van der Waals surface area contributed by atoms with Gasteiger partial charge in [0.05, 0.1) is 11.1 Å². The van der Waals surface area contributed by atoms with Crippen molar-refractivity contribution in [1.29, 1.82) is 0 Å². The van der Waals surface area contributed by atoms with Gasteiger partial charge in [0.1, 0.15) is 0 Å². The standard InChI is InChI=1S/C18H21F6N/c1-11(2)12(3)6-5-7-16(25-4)14-9-8-13(17(19,20)21)10-15(14)18(22,23)24/h5-12,25H,1-4H3/b6-5-,16-7-. The van der Waals surface area contributed by atoms with Crippen molar-refractivity contribution in [3.8, 4) is 0 Å². The topological polar surface area (TPSA) is 12.0 Å². The van der Waals surface area contributed by atoms with E-state index in [0.717, 1.165) is 6.07 Å². The van der Waals surface area contributed by atoms with Gasteiger partial charge in [-0.1, -0.05) is 39.0 Å². The van der Waals surface area contributed by atoms with Gasteiger partial charge in [-0.3, -0.25) is 0 Å². The molecular formula is C18H21F6N. The molecule has 1 rings (SSSR count). The summed E-state index contributed by atoms with van der Waals surface area (Å²) < 4.78 is 77.9. The average molecular weight is 365 g/mol. The van der Waals surface area contributed by atoms with Gasteiger partial charge in [0.25, 0.3) is 0 Å². The monoisotopic (exact) mass is 365 g/mol. The fourth-order valence-electron chi connectivity index (χ4n) is 2.05. The molecule has 0 aliphatic carbocycles. The lowest BCUT2D eigenvalue weighted by Gasteiger charge is -2.17. The van der Waals surface area contributed by atoms with E-state index in [1.54, 1.807) is 6.08 Å². The van der Waals surface area contributed by atoms with Crippen LogP contribution in [0.25, 0.3) is 5.70 Å². The van der Waals surface area contributed by atoms with Crippen molar-refractivity contribution < 1.29 is 26.3 Å². The average Bonchev–Trinajstić information content (AvgIpc) is 2.49. The van der Waals surface area contributed by atoms with E-state index in [2.05, 4.69) is 5.32 Å². The van der Waals surface area contributed by atoms with Crippen LogP contribution in [0.4, 0.5) is 26.3 Å². The molecule has 1 atom stereocenters. The summed E-state index contributed by atoms with van der Waals surface area (Å²) >= 11 is 0. The minimum Gasteiger partial charge on any atom is -0.388 e. The zero-order valence-electron chi connectivity index (χ0n) is 14.4. The second kappa shape index (κ2) is 7.97. The number of nitrogens with one attached hydrogen (secondary N) is 1. The summed E-state index contributed by atoms with van der Waals surface area (Å²) in [6.45, 7) is 5.98. The Morgan fingerprint density at radius 3 is 2.04 bits per heavy atom. The minimum atomic E-state index is -4.90. The Labute approximate surface area is 143 Å². The second-order valence-electron chi connectivity index (χ2n) is 6.07. The van der Waals surface area contributed by atoms with Crippen molar-refractivity contribution >= 4 is 5.70 Å². The van der Waals surface area contributed by atoms with Crippen LogP contribution in [0, 0.1) is 11.8 Å². The van der Waals surface area contributed by atoms with Gasteiger partial charge in [-0.2, -0.15) is 26.3 Å². The molecule has 0 fully saturated rings. The molecule has 140 valence electrons. The molecule has 1 unspecified atom stereocenters. The molecule has 0 bridgehead atoms. The first-order valence-electron chi connectivity index (χ1n) is 7.73. The maximum atomic E-state index is 13.2. The molecule has 0 heterocycles. The van der Waals surface area contributed by atoms with E-state index < -0.39 is 23.5 Å². The fraction of sp³-hybridized carbons (Fsp3) is 0.444. The Morgan fingerprint density at radius 1 is 1.00 bits per heavy atom. The highest BCUT2D eigenvalue weighted by Crippen LogP contribution is 2.38. The third-order valence-corrected chi connectivity index (χ3v) is 3.94. The molecule has 0 spiro atoms. The van der Waals surface area contributed by atoms with E-state index in [-0.39, 0.29) is 23.2 Å². The van der Waals surface area contributed by atoms with Gasteiger partial charge in [-0.05, 0) is 30.0 Å². The first-order chi connectivity index (χ1) is 11.4. The Morgan fingerprint density at radius 2 is 1.60 bits per heavy atom. The van der Waals surface area contributed by atoms with Crippen LogP contribution in [0.1, 0.15) is 37.5 Å². The van der Waals surface area contributed by atoms with Crippen molar-refractivity contribution in [3.05, 3.63) is 53.1 Å². The van der Waals surface area contributed by atoms with Crippen LogP contribution in [-0.4, -0.2) is 7.05 Å². The lowest BCUT2D eigenvalue weighted by molar-refractivity contribution is -0.143. The molecule has 0 aromatic heterocycles. The molecule has 0 saturated heterocycles. The van der Waals surface area contributed by atoms with E-state index in [9.17, 15) is 26.3 Å². The summed E-state index contributed by atoms with van der Waals surface area (Å²) in [5.41, 5.74) is -2.89. The van der Waals surface area contributed by atoms with Gasteiger partial charge in [-0.25, -0.2) is 0 Å². The molecule has 1 N–H and O–H groups in total. The molecule has 1 aromatic rings. The van der Waals surface area contributed by atoms with E-state index in [1.165, 1.54) is 13.1 Å². The molecule has 0 saturated carbocycles. The van der Waals surface area contributed by atoms with Crippen LogP contribution < -0.4 is 5.32 Å². The van der Waals surface area contributed by atoms with Gasteiger partial charge < -0.3 is 5.32 Å². The third kappa shape index (κ3) is 5.83. The zero-order valence-corrected chi connectivity index (χ0v) is 14.4. The summed E-state index contributed by atoms with van der Waals surface area (Å²) in [6.07, 6.45) is -4.87. The van der Waals surface area contributed by atoms with Crippen LogP contribution in [0.3, 0.4) is 0 Å². The molecule has 7 heteroatoms. The summed E-state index contributed by atoms with van der Waals surface area (Å²) in [7, 11) is 1.42. The SMILES string of the molecule is CN/C(=C\C=C/C(C)C(C)C)c1ccc(C(F)(F)F)cc1C(F)(F)F. The van der Waals surface area contributed by atoms with Crippen molar-refractivity contribution in [2.45, 2.75) is 33.1 Å². The lowest BCUT2D eigenvalue weighted by Crippen LogP contribution is -2.16. The minimum absolute atomic E-state index is 0.0910. The summed E-state index contributed by atoms with van der Waals surface area (Å²) in [5, 5.41) is 2.62. The number of rotatable bonds is 5. The lowest BCUT2D eigenvalue weighted by atomic mass is 9.97. The second-order valence-corrected chi connectivity index (χ2v) is 6.07. The summed E-state index contributed by atoms with van der Waals surface area (Å²) in [5.74, 6) is 0.573. The van der Waals surface area contributed by atoms with Gasteiger partial charge in [0.15, 0.2) is 0 Å². The van der Waals surface area contributed by atoms with Crippen LogP contribution in [0.2, 0.25) is 0 Å². The molecule has 0 aliphatic heterocycles. The van der Waals surface area contributed by atoms with E-state index in [4.69, 9.17) is 0 Å². The molecule has 0 aliphatic rings. The normalized spacial score (nSPS) is 15.1. The first-order valence-corrected chi connectivity index (χ1v) is 7.73. The molecule has 25 heavy (non-hydrogen) atoms. The number of allylic oxidation sites excluding steroid dienone is 3. The highest BCUT2D eigenvalue weighted by atomic mass is 19.4. The van der Waals surface area contributed by atoms with Crippen molar-refractivity contribution in [2.24, 2.45) is 11.8 Å². The van der Waals surface area contributed by atoms with Crippen LogP contribution in [0.5, 0.6) is 0 Å². The number of alkyl halides is 6. The zero-order chi connectivity index (χ0) is 19.4. The number of halogens is 6. The Hall–Kier alpha value is -1.92. The van der Waals surface area contributed by atoms with Crippen molar-refractivity contribution in [1.82, 2.24) is 5.32 Å². The Balaban J connectivity index is 3.37. The highest BCUT2D eigenvalue weighted by Gasteiger charge is 2.38. The van der Waals surface area contributed by atoms with Crippen LogP contribution in [0.15, 0.2) is 36.4 Å². The predicted molar refractivity (Wildman–Crippen MR) is 86.6 cm³/mol. The summed E-state index contributed by atoms with van der Waals surface area (Å²) in [4.78, 5) is 0. The fourth-order valence-corrected chi connectivity index (χ4v) is 2.05. The van der Waals surface area contributed by atoms with Crippen molar-refractivity contribution in [3.63, 3.8) is 0 Å². The van der Waals surface area contributed by atoms with Crippen LogP contribution in [-0.2, 0) is 12.4 Å². The number of benzene rings is 1. The summed E-state index contributed by atoms with van der Waals surface area (Å²) in [6, 6.07) is 1.63. The molecule has 0 radical (unpaired) electrons. The van der Waals surface area contributed by atoms with E-state index in [1.807, 2.05) is 26.8 Å². The van der Waals surface area contributed by atoms with Crippen molar-refractivity contribution in [2.75, 3.05) is 7.05 Å². The first kappa shape index (κ1) is 21.1. The van der Waals surface area contributed by atoms with Gasteiger partial charge >= 0.3 is 12.4 Å². The van der Waals surface area contributed by atoms with Gasteiger partial charge in [0, 0.05) is 18.3 Å². The Bertz CT molecular complexity index is 638. The molecule has 0 amide bonds. The largest absolute Gasteiger partial charge is 0.417 e. The van der Waals surface area contributed by atoms with E-state index >= 15 is 0 Å². The molecule has 1 aromatic carbocycles. The van der Waals surface area contributed by atoms with Crippen LogP contribution >= 0.6 is 0 Å². The smallest absolute Gasteiger partial charge is 0.388 e. The maximum Gasteiger partial charge on any atom is 0.417 e. The Kier molecular flexibility index (Phi) is 6.74. The molecular weight excluding hydrogens is 344 g/mol. The predicted octanol–water partition coefficient (Wildman–Crippen LogP) is 6.13. The number of hydrogen-bond acceptors (Lipinski definition) is 1. The maximum absolute atomic E-state index is 13.2. The number of hydrogen-bond donors (Lipinski definition) is 1.